The van der Waals surface area contributed by atoms with Gasteiger partial charge in [-0.3, -0.25) is 9.59 Å². The Bertz CT molecular complexity index is 1260. The Kier molecular flexibility index (Phi) is 4.24. The minimum atomic E-state index is -0.216. The molecule has 6 nitrogen and oxygen atoms in total. The lowest BCUT2D eigenvalue weighted by Crippen LogP contribution is -2.23. The third-order valence-corrected chi connectivity index (χ3v) is 5.37. The molecule has 0 aliphatic heterocycles. The molecular formula is C20H18N4O2S. The Labute approximate surface area is 159 Å². The molecule has 0 saturated heterocycles. The molecule has 1 N–H and O–H groups in total. The summed E-state index contributed by atoms with van der Waals surface area (Å²) >= 11 is 1.59. The first-order valence-electron chi connectivity index (χ1n) is 8.66. The molecule has 0 atom stereocenters. The summed E-state index contributed by atoms with van der Waals surface area (Å²) in [6, 6.07) is 10.9. The molecule has 0 spiro atoms. The number of hydrogen-bond acceptors (Lipinski definition) is 5. The second kappa shape index (κ2) is 6.59. The highest BCUT2D eigenvalue weighted by Gasteiger charge is 2.12. The minimum Gasteiger partial charge on any atom is -0.322 e. The van der Waals surface area contributed by atoms with Gasteiger partial charge in [0.25, 0.3) is 11.5 Å². The molecule has 0 saturated carbocycles. The van der Waals surface area contributed by atoms with Crippen molar-refractivity contribution in [3.8, 4) is 0 Å². The van der Waals surface area contributed by atoms with Crippen LogP contribution in [0.5, 0.6) is 0 Å². The predicted molar refractivity (Wildman–Crippen MR) is 109 cm³/mol. The zero-order valence-corrected chi connectivity index (χ0v) is 16.1. The van der Waals surface area contributed by atoms with Gasteiger partial charge in [0.05, 0.1) is 26.3 Å². The van der Waals surface area contributed by atoms with E-state index in [9.17, 15) is 9.59 Å². The molecule has 2 aromatic carbocycles. The van der Waals surface area contributed by atoms with Crippen LogP contribution in [0.1, 0.15) is 28.0 Å². The highest BCUT2D eigenvalue weighted by atomic mass is 32.1. The van der Waals surface area contributed by atoms with Crippen molar-refractivity contribution < 1.29 is 4.79 Å². The number of aryl methyl sites for hydroxylation is 3. The number of carbonyl (C=O) groups excluding carboxylic acids is 1. The monoisotopic (exact) mass is 378 g/mol. The van der Waals surface area contributed by atoms with Crippen LogP contribution in [-0.2, 0) is 6.54 Å². The first kappa shape index (κ1) is 17.4. The summed E-state index contributed by atoms with van der Waals surface area (Å²) in [5.41, 5.74) is 3.83. The Morgan fingerprint density at radius 1 is 1.11 bits per heavy atom. The SMILES string of the molecule is CCn1c(=O)c(C)nc2cc(C(=O)Nc3ccc4nc(C)sc4c3)ccc21. The Balaban J connectivity index is 1.69. The van der Waals surface area contributed by atoms with E-state index in [-0.39, 0.29) is 11.5 Å². The number of hydrogen-bond donors (Lipinski definition) is 1. The predicted octanol–water partition coefficient (Wildman–Crippen LogP) is 3.90. The van der Waals surface area contributed by atoms with E-state index in [0.29, 0.717) is 23.3 Å². The number of nitrogens with one attached hydrogen (secondary N) is 1. The fraction of sp³-hybridized carbons (Fsp3) is 0.200. The lowest BCUT2D eigenvalue weighted by molar-refractivity contribution is 0.102. The van der Waals surface area contributed by atoms with Gasteiger partial charge in [0.1, 0.15) is 5.69 Å². The molecule has 27 heavy (non-hydrogen) atoms. The number of thiazole rings is 1. The second-order valence-electron chi connectivity index (χ2n) is 6.32. The van der Waals surface area contributed by atoms with Crippen LogP contribution in [-0.4, -0.2) is 20.4 Å². The average Bonchev–Trinajstić information content (AvgIpc) is 3.01. The molecule has 0 aliphatic carbocycles. The van der Waals surface area contributed by atoms with Crippen LogP contribution < -0.4 is 10.9 Å². The molecule has 4 aromatic rings. The van der Waals surface area contributed by atoms with E-state index in [1.807, 2.05) is 32.0 Å². The van der Waals surface area contributed by atoms with Crippen LogP contribution in [0.4, 0.5) is 5.69 Å². The maximum Gasteiger partial charge on any atom is 0.272 e. The van der Waals surface area contributed by atoms with E-state index < -0.39 is 0 Å². The van der Waals surface area contributed by atoms with Gasteiger partial charge in [0.15, 0.2) is 0 Å². The van der Waals surface area contributed by atoms with Gasteiger partial charge in [0.2, 0.25) is 0 Å². The van der Waals surface area contributed by atoms with Crippen LogP contribution >= 0.6 is 11.3 Å². The van der Waals surface area contributed by atoms with Gasteiger partial charge in [-0.1, -0.05) is 0 Å². The summed E-state index contributed by atoms with van der Waals surface area (Å²) in [7, 11) is 0. The average molecular weight is 378 g/mol. The topological polar surface area (TPSA) is 76.9 Å². The maximum absolute atomic E-state index is 12.7. The summed E-state index contributed by atoms with van der Waals surface area (Å²) in [4.78, 5) is 33.7. The highest BCUT2D eigenvalue weighted by molar-refractivity contribution is 7.18. The van der Waals surface area contributed by atoms with E-state index >= 15 is 0 Å². The van der Waals surface area contributed by atoms with E-state index in [1.54, 1.807) is 41.0 Å². The molecule has 4 rings (SSSR count). The maximum atomic E-state index is 12.7. The van der Waals surface area contributed by atoms with Crippen molar-refractivity contribution in [1.29, 1.82) is 0 Å². The van der Waals surface area contributed by atoms with Gasteiger partial charge in [0, 0.05) is 17.8 Å². The van der Waals surface area contributed by atoms with E-state index in [0.717, 1.165) is 26.4 Å². The molecule has 1 amide bonds. The first-order valence-corrected chi connectivity index (χ1v) is 9.47. The van der Waals surface area contributed by atoms with Crippen molar-refractivity contribution in [2.45, 2.75) is 27.3 Å². The fourth-order valence-electron chi connectivity index (χ4n) is 3.15. The Hall–Kier alpha value is -3.06. The number of amides is 1. The van der Waals surface area contributed by atoms with E-state index in [1.165, 1.54) is 0 Å². The summed E-state index contributed by atoms with van der Waals surface area (Å²) in [6.45, 7) is 6.12. The fourth-order valence-corrected chi connectivity index (χ4v) is 4.02. The summed E-state index contributed by atoms with van der Waals surface area (Å²) < 4.78 is 2.70. The minimum absolute atomic E-state index is 0.102. The molecule has 0 aliphatic rings. The molecule has 0 bridgehead atoms. The van der Waals surface area contributed by atoms with Crippen LogP contribution in [0.2, 0.25) is 0 Å². The summed E-state index contributed by atoms with van der Waals surface area (Å²) in [5, 5.41) is 3.91. The third kappa shape index (κ3) is 3.10. The third-order valence-electron chi connectivity index (χ3n) is 4.44. The summed E-state index contributed by atoms with van der Waals surface area (Å²) in [5.74, 6) is -0.216. The van der Waals surface area contributed by atoms with Crippen molar-refractivity contribution in [1.82, 2.24) is 14.5 Å². The number of benzene rings is 2. The van der Waals surface area contributed by atoms with Crippen molar-refractivity contribution in [2.75, 3.05) is 5.32 Å². The normalized spacial score (nSPS) is 11.2. The lowest BCUT2D eigenvalue weighted by Gasteiger charge is -2.10. The Morgan fingerprint density at radius 3 is 2.70 bits per heavy atom. The van der Waals surface area contributed by atoms with Gasteiger partial charge in [-0.15, -0.1) is 11.3 Å². The van der Waals surface area contributed by atoms with Crippen LogP contribution in [0, 0.1) is 13.8 Å². The van der Waals surface area contributed by atoms with Crippen LogP contribution in [0.25, 0.3) is 21.3 Å². The molecule has 136 valence electrons. The van der Waals surface area contributed by atoms with Crippen molar-refractivity contribution in [2.24, 2.45) is 0 Å². The zero-order chi connectivity index (χ0) is 19.1. The quantitative estimate of drug-likeness (QED) is 0.587. The van der Waals surface area contributed by atoms with Crippen LogP contribution in [0.15, 0.2) is 41.2 Å². The smallest absolute Gasteiger partial charge is 0.272 e. The number of nitrogens with zero attached hydrogens (tertiary/aromatic N) is 3. The number of rotatable bonds is 3. The number of carbonyl (C=O) groups is 1. The van der Waals surface area contributed by atoms with Crippen LogP contribution in [0.3, 0.4) is 0 Å². The van der Waals surface area contributed by atoms with Crippen molar-refractivity contribution >= 4 is 44.2 Å². The van der Waals surface area contributed by atoms with Gasteiger partial charge in [-0.25, -0.2) is 9.97 Å². The number of aromatic nitrogens is 3. The van der Waals surface area contributed by atoms with E-state index in [4.69, 9.17) is 0 Å². The molecule has 2 aromatic heterocycles. The molecule has 7 heteroatoms. The highest BCUT2D eigenvalue weighted by Crippen LogP contribution is 2.25. The summed E-state index contributed by atoms with van der Waals surface area (Å²) in [6.07, 6.45) is 0. The second-order valence-corrected chi connectivity index (χ2v) is 7.55. The van der Waals surface area contributed by atoms with E-state index in [2.05, 4.69) is 15.3 Å². The zero-order valence-electron chi connectivity index (χ0n) is 15.2. The largest absolute Gasteiger partial charge is 0.322 e. The molecule has 0 radical (unpaired) electrons. The molecule has 0 unspecified atom stereocenters. The molecule has 2 heterocycles. The van der Waals surface area contributed by atoms with Gasteiger partial charge < -0.3 is 9.88 Å². The number of fused-ring (bicyclic) bond motifs is 2. The Morgan fingerprint density at radius 2 is 1.93 bits per heavy atom. The van der Waals surface area contributed by atoms with Crippen molar-refractivity contribution in [3.63, 3.8) is 0 Å². The van der Waals surface area contributed by atoms with Gasteiger partial charge in [-0.05, 0) is 57.2 Å². The van der Waals surface area contributed by atoms with Gasteiger partial charge in [-0.2, -0.15) is 0 Å². The number of anilines is 1. The molecule has 0 fully saturated rings. The standard InChI is InChI=1S/C20H18N4O2S/c1-4-24-17-8-5-13(9-16(17)21-11(2)20(24)26)19(25)23-14-6-7-15-18(10-14)27-12(3)22-15/h5-10H,4H2,1-3H3,(H,23,25). The lowest BCUT2D eigenvalue weighted by atomic mass is 10.1. The van der Waals surface area contributed by atoms with Crippen molar-refractivity contribution in [3.05, 3.63) is 63.0 Å². The first-order chi connectivity index (χ1) is 13.0. The molecular weight excluding hydrogens is 360 g/mol. The van der Waals surface area contributed by atoms with Gasteiger partial charge >= 0.3 is 0 Å².